The SMILES string of the molecule is CC(C)(C)OC=O.Fc1cc(N2CCOCC2)ccc1CN1CCNCC1. The number of halogens is 1. The van der Waals surface area contributed by atoms with Gasteiger partial charge in [-0.25, -0.2) is 4.39 Å². The van der Waals surface area contributed by atoms with Crippen molar-refractivity contribution in [3.8, 4) is 0 Å². The Balaban J connectivity index is 0.000000321. The molecule has 2 aliphatic heterocycles. The third-order valence-corrected chi connectivity index (χ3v) is 4.42. The molecule has 0 aromatic heterocycles. The lowest BCUT2D eigenvalue weighted by Gasteiger charge is -2.30. The van der Waals surface area contributed by atoms with Crippen LogP contribution in [0.3, 0.4) is 0 Å². The van der Waals surface area contributed by atoms with Crippen molar-refractivity contribution in [1.82, 2.24) is 10.2 Å². The highest BCUT2D eigenvalue weighted by molar-refractivity contribution is 5.48. The van der Waals surface area contributed by atoms with E-state index in [-0.39, 0.29) is 11.4 Å². The number of nitrogens with zero attached hydrogens (tertiary/aromatic N) is 2. The minimum absolute atomic E-state index is 0.0903. The predicted molar refractivity (Wildman–Crippen MR) is 104 cm³/mol. The molecule has 0 unspecified atom stereocenters. The van der Waals surface area contributed by atoms with Gasteiger partial charge in [-0.2, -0.15) is 0 Å². The summed E-state index contributed by atoms with van der Waals surface area (Å²) in [4.78, 5) is 14.1. The van der Waals surface area contributed by atoms with Gasteiger partial charge >= 0.3 is 0 Å². The first-order valence-electron chi connectivity index (χ1n) is 9.55. The summed E-state index contributed by atoms with van der Waals surface area (Å²) >= 11 is 0. The van der Waals surface area contributed by atoms with Gasteiger partial charge in [-0.3, -0.25) is 9.69 Å². The van der Waals surface area contributed by atoms with Crippen molar-refractivity contribution >= 4 is 12.2 Å². The Morgan fingerprint density at radius 3 is 2.37 bits per heavy atom. The fourth-order valence-electron chi connectivity index (χ4n) is 2.94. The molecular formula is C20H32FN3O3. The largest absolute Gasteiger partial charge is 0.462 e. The first-order chi connectivity index (χ1) is 12.9. The minimum Gasteiger partial charge on any atom is -0.462 e. The molecule has 152 valence electrons. The molecule has 0 spiro atoms. The number of rotatable bonds is 4. The van der Waals surface area contributed by atoms with Gasteiger partial charge in [0.05, 0.1) is 13.2 Å². The number of piperazine rings is 1. The Hall–Kier alpha value is -1.70. The molecule has 1 aromatic carbocycles. The quantitative estimate of drug-likeness (QED) is 0.806. The van der Waals surface area contributed by atoms with E-state index in [1.54, 1.807) is 6.07 Å². The van der Waals surface area contributed by atoms with E-state index >= 15 is 0 Å². The van der Waals surface area contributed by atoms with Crippen molar-refractivity contribution in [3.63, 3.8) is 0 Å². The Kier molecular flexibility index (Phi) is 8.47. The van der Waals surface area contributed by atoms with E-state index in [4.69, 9.17) is 4.74 Å². The van der Waals surface area contributed by atoms with Crippen LogP contribution in [0.2, 0.25) is 0 Å². The average Bonchev–Trinajstić information content (AvgIpc) is 2.64. The fraction of sp³-hybridized carbons (Fsp3) is 0.650. The molecule has 1 aromatic rings. The van der Waals surface area contributed by atoms with Crippen LogP contribution in [0.15, 0.2) is 18.2 Å². The van der Waals surface area contributed by atoms with Crippen LogP contribution in [0.1, 0.15) is 26.3 Å². The molecule has 2 aliphatic rings. The molecule has 2 heterocycles. The highest BCUT2D eigenvalue weighted by atomic mass is 19.1. The van der Waals surface area contributed by atoms with Gasteiger partial charge in [-0.1, -0.05) is 6.07 Å². The van der Waals surface area contributed by atoms with E-state index in [1.165, 1.54) is 0 Å². The van der Waals surface area contributed by atoms with Crippen LogP contribution in [0.25, 0.3) is 0 Å². The summed E-state index contributed by atoms with van der Waals surface area (Å²) in [6.07, 6.45) is 0. The predicted octanol–water partition coefficient (Wildman–Crippen LogP) is 2.03. The molecule has 6 nitrogen and oxygen atoms in total. The maximum Gasteiger partial charge on any atom is 0.293 e. The second-order valence-corrected chi connectivity index (χ2v) is 7.73. The zero-order chi connectivity index (χ0) is 19.7. The van der Waals surface area contributed by atoms with E-state index in [9.17, 15) is 9.18 Å². The monoisotopic (exact) mass is 381 g/mol. The molecular weight excluding hydrogens is 349 g/mol. The number of carbonyl (C=O) groups is 1. The van der Waals surface area contributed by atoms with Crippen molar-refractivity contribution < 1.29 is 18.7 Å². The van der Waals surface area contributed by atoms with Gasteiger partial charge in [0, 0.05) is 57.1 Å². The van der Waals surface area contributed by atoms with Crippen LogP contribution in [0.5, 0.6) is 0 Å². The van der Waals surface area contributed by atoms with E-state index in [0.29, 0.717) is 13.0 Å². The number of nitrogens with one attached hydrogen (secondary N) is 1. The molecule has 0 atom stereocenters. The summed E-state index contributed by atoms with van der Waals surface area (Å²) in [6.45, 7) is 13.7. The number of anilines is 1. The maximum absolute atomic E-state index is 14.3. The Labute approximate surface area is 161 Å². The Morgan fingerprint density at radius 1 is 1.19 bits per heavy atom. The first-order valence-corrected chi connectivity index (χ1v) is 9.55. The molecule has 27 heavy (non-hydrogen) atoms. The third kappa shape index (κ3) is 7.82. The average molecular weight is 381 g/mol. The minimum atomic E-state index is -0.318. The maximum atomic E-state index is 14.3. The second-order valence-electron chi connectivity index (χ2n) is 7.73. The van der Waals surface area contributed by atoms with Crippen LogP contribution in [-0.4, -0.2) is 69.5 Å². The molecule has 0 radical (unpaired) electrons. The summed E-state index contributed by atoms with van der Waals surface area (Å²) in [6, 6.07) is 5.64. The highest BCUT2D eigenvalue weighted by Gasteiger charge is 2.15. The van der Waals surface area contributed by atoms with Gasteiger partial charge < -0.3 is 19.7 Å². The Bertz CT molecular complexity index is 580. The standard InChI is InChI=1S/C15H22FN3O.C5H10O2/c16-15-11-14(19-7-9-20-10-8-19)2-1-13(15)12-18-5-3-17-4-6-18;1-5(2,3)7-4-6/h1-2,11,17H,3-10,12H2;4H,1-3H3. The molecule has 0 aliphatic carbocycles. The van der Waals surface area contributed by atoms with E-state index in [1.807, 2.05) is 32.9 Å². The zero-order valence-electron chi connectivity index (χ0n) is 16.7. The van der Waals surface area contributed by atoms with Crippen LogP contribution >= 0.6 is 0 Å². The van der Waals surface area contributed by atoms with Gasteiger partial charge in [0.25, 0.3) is 6.47 Å². The molecule has 0 amide bonds. The van der Waals surface area contributed by atoms with Crippen molar-refractivity contribution in [2.24, 2.45) is 0 Å². The molecule has 0 bridgehead atoms. The first kappa shape index (κ1) is 21.6. The lowest BCUT2D eigenvalue weighted by molar-refractivity contribution is -0.138. The number of benzene rings is 1. The summed E-state index contributed by atoms with van der Waals surface area (Å²) in [5, 5.41) is 3.31. The fourth-order valence-corrected chi connectivity index (χ4v) is 2.94. The molecule has 2 saturated heterocycles. The summed E-state index contributed by atoms with van der Waals surface area (Å²) in [7, 11) is 0. The summed E-state index contributed by atoms with van der Waals surface area (Å²) in [5.41, 5.74) is 1.45. The molecule has 1 N–H and O–H groups in total. The number of hydrogen-bond donors (Lipinski definition) is 1. The van der Waals surface area contributed by atoms with Gasteiger partial charge in [0.2, 0.25) is 0 Å². The van der Waals surface area contributed by atoms with Gasteiger partial charge in [0.15, 0.2) is 0 Å². The molecule has 3 rings (SSSR count). The van der Waals surface area contributed by atoms with Gasteiger partial charge in [-0.05, 0) is 32.9 Å². The normalized spacial score (nSPS) is 18.4. The van der Waals surface area contributed by atoms with Crippen LogP contribution < -0.4 is 10.2 Å². The molecule has 7 heteroatoms. The van der Waals surface area contributed by atoms with Crippen molar-refractivity contribution in [2.45, 2.75) is 32.9 Å². The second kappa shape index (κ2) is 10.6. The van der Waals surface area contributed by atoms with Crippen LogP contribution in [0, 0.1) is 5.82 Å². The van der Waals surface area contributed by atoms with Gasteiger partial charge in [0.1, 0.15) is 11.4 Å². The number of carbonyl (C=O) groups excluding carboxylic acids is 1. The van der Waals surface area contributed by atoms with Crippen LogP contribution in [0.4, 0.5) is 10.1 Å². The lowest BCUT2D eigenvalue weighted by atomic mass is 10.1. The highest BCUT2D eigenvalue weighted by Crippen LogP contribution is 2.21. The topological polar surface area (TPSA) is 54.0 Å². The number of ether oxygens (including phenoxy) is 2. The zero-order valence-corrected chi connectivity index (χ0v) is 16.7. The van der Waals surface area contributed by atoms with Crippen molar-refractivity contribution in [3.05, 3.63) is 29.6 Å². The van der Waals surface area contributed by atoms with Crippen LogP contribution in [-0.2, 0) is 20.8 Å². The molecule has 2 fully saturated rings. The Morgan fingerprint density at radius 2 is 1.85 bits per heavy atom. The summed E-state index contributed by atoms with van der Waals surface area (Å²) in [5.74, 6) is -0.0903. The van der Waals surface area contributed by atoms with E-state index in [0.717, 1.165) is 63.7 Å². The number of morpholine rings is 1. The van der Waals surface area contributed by atoms with Crippen molar-refractivity contribution in [1.29, 1.82) is 0 Å². The third-order valence-electron chi connectivity index (χ3n) is 4.42. The van der Waals surface area contributed by atoms with E-state index < -0.39 is 0 Å². The van der Waals surface area contributed by atoms with Gasteiger partial charge in [-0.15, -0.1) is 0 Å². The van der Waals surface area contributed by atoms with Crippen molar-refractivity contribution in [2.75, 3.05) is 57.4 Å². The summed E-state index contributed by atoms with van der Waals surface area (Å²) < 4.78 is 24.1. The van der Waals surface area contributed by atoms with E-state index in [2.05, 4.69) is 19.9 Å². The smallest absolute Gasteiger partial charge is 0.293 e. The molecule has 0 saturated carbocycles. The lowest BCUT2D eigenvalue weighted by Crippen LogP contribution is -2.43. The number of hydrogen-bond acceptors (Lipinski definition) is 6.